The van der Waals surface area contributed by atoms with Gasteiger partial charge in [0.25, 0.3) is 5.91 Å². The van der Waals surface area contributed by atoms with Gasteiger partial charge in [0.05, 0.1) is 13.2 Å². The van der Waals surface area contributed by atoms with Crippen molar-refractivity contribution in [3.8, 4) is 11.5 Å². The SMILES string of the molecule is COc1cc(C(=O)N2CCN(C3CCCC3)CC2)ccc1OC(C)C. The van der Waals surface area contributed by atoms with Crippen LogP contribution in [0.1, 0.15) is 49.9 Å². The number of nitrogens with zero attached hydrogens (tertiary/aromatic N) is 2. The predicted molar refractivity (Wildman–Crippen MR) is 98.5 cm³/mol. The summed E-state index contributed by atoms with van der Waals surface area (Å²) in [6.07, 6.45) is 5.42. The molecule has 0 N–H and O–H groups in total. The minimum atomic E-state index is 0.0686. The molecule has 1 aliphatic carbocycles. The first-order chi connectivity index (χ1) is 12.1. The predicted octanol–water partition coefficient (Wildman–Crippen LogP) is 3.18. The number of ether oxygens (including phenoxy) is 2. The summed E-state index contributed by atoms with van der Waals surface area (Å²) in [6, 6.07) is 6.21. The van der Waals surface area contributed by atoms with Crippen molar-refractivity contribution in [2.75, 3.05) is 33.3 Å². The summed E-state index contributed by atoms with van der Waals surface area (Å²) in [6.45, 7) is 7.54. The molecule has 1 aromatic carbocycles. The van der Waals surface area contributed by atoms with Crippen LogP contribution in [0.15, 0.2) is 18.2 Å². The normalized spacial score (nSPS) is 19.4. The van der Waals surface area contributed by atoms with Gasteiger partial charge in [-0.1, -0.05) is 12.8 Å². The zero-order chi connectivity index (χ0) is 17.8. The van der Waals surface area contributed by atoms with E-state index in [0.29, 0.717) is 17.1 Å². The molecule has 2 aliphatic rings. The van der Waals surface area contributed by atoms with Gasteiger partial charge in [-0.15, -0.1) is 0 Å². The lowest BCUT2D eigenvalue weighted by Gasteiger charge is -2.38. The Morgan fingerprint density at radius 3 is 2.36 bits per heavy atom. The van der Waals surface area contributed by atoms with Crippen molar-refractivity contribution in [1.29, 1.82) is 0 Å². The Hall–Kier alpha value is -1.75. The summed E-state index contributed by atoms with van der Waals surface area (Å²) in [5.41, 5.74) is 0.669. The van der Waals surface area contributed by atoms with Crippen LogP contribution in [-0.2, 0) is 0 Å². The van der Waals surface area contributed by atoms with Crippen LogP contribution in [-0.4, -0.2) is 61.1 Å². The number of amides is 1. The molecule has 5 nitrogen and oxygen atoms in total. The van der Waals surface area contributed by atoms with E-state index in [0.717, 1.165) is 32.2 Å². The monoisotopic (exact) mass is 346 g/mol. The van der Waals surface area contributed by atoms with E-state index in [-0.39, 0.29) is 12.0 Å². The highest BCUT2D eigenvalue weighted by molar-refractivity contribution is 5.95. The van der Waals surface area contributed by atoms with Crippen molar-refractivity contribution in [3.05, 3.63) is 23.8 Å². The van der Waals surface area contributed by atoms with Gasteiger partial charge < -0.3 is 14.4 Å². The summed E-state index contributed by atoms with van der Waals surface area (Å²) < 4.78 is 11.1. The summed E-state index contributed by atoms with van der Waals surface area (Å²) in [4.78, 5) is 17.4. The maximum Gasteiger partial charge on any atom is 0.254 e. The molecule has 2 fully saturated rings. The fourth-order valence-electron chi connectivity index (χ4n) is 3.89. The van der Waals surface area contributed by atoms with Gasteiger partial charge in [-0.3, -0.25) is 9.69 Å². The number of carbonyl (C=O) groups is 1. The molecule has 0 unspecified atom stereocenters. The first kappa shape index (κ1) is 18.1. The molecule has 1 amide bonds. The molecule has 25 heavy (non-hydrogen) atoms. The first-order valence-electron chi connectivity index (χ1n) is 9.46. The van der Waals surface area contributed by atoms with Crippen LogP contribution in [0.4, 0.5) is 0 Å². The fourth-order valence-corrected chi connectivity index (χ4v) is 3.89. The van der Waals surface area contributed by atoms with Crippen molar-refractivity contribution in [1.82, 2.24) is 9.80 Å². The van der Waals surface area contributed by atoms with E-state index in [2.05, 4.69) is 4.90 Å². The molecular formula is C20H30N2O3. The van der Waals surface area contributed by atoms with Crippen LogP contribution in [0.2, 0.25) is 0 Å². The Balaban J connectivity index is 1.63. The van der Waals surface area contributed by atoms with Gasteiger partial charge in [0, 0.05) is 37.8 Å². The lowest BCUT2D eigenvalue weighted by atomic mass is 10.1. The second kappa shape index (κ2) is 8.09. The summed E-state index contributed by atoms with van der Waals surface area (Å²) >= 11 is 0. The largest absolute Gasteiger partial charge is 0.493 e. The number of piperazine rings is 1. The van der Waals surface area contributed by atoms with Gasteiger partial charge in [-0.25, -0.2) is 0 Å². The molecular weight excluding hydrogens is 316 g/mol. The number of hydrogen-bond acceptors (Lipinski definition) is 4. The van der Waals surface area contributed by atoms with Crippen LogP contribution in [0.5, 0.6) is 11.5 Å². The summed E-state index contributed by atoms with van der Waals surface area (Å²) in [5, 5.41) is 0. The highest BCUT2D eigenvalue weighted by Crippen LogP contribution is 2.30. The van der Waals surface area contributed by atoms with Gasteiger partial charge in [0.2, 0.25) is 0 Å². The minimum absolute atomic E-state index is 0.0686. The molecule has 138 valence electrons. The third kappa shape index (κ3) is 4.27. The number of hydrogen-bond donors (Lipinski definition) is 0. The molecule has 5 heteroatoms. The highest BCUT2D eigenvalue weighted by atomic mass is 16.5. The lowest BCUT2D eigenvalue weighted by molar-refractivity contribution is 0.0573. The smallest absolute Gasteiger partial charge is 0.254 e. The third-order valence-electron chi connectivity index (χ3n) is 5.22. The molecule has 0 radical (unpaired) electrons. The van der Waals surface area contributed by atoms with Crippen molar-refractivity contribution in [2.24, 2.45) is 0 Å². The molecule has 1 saturated carbocycles. The van der Waals surface area contributed by atoms with Crippen molar-refractivity contribution in [3.63, 3.8) is 0 Å². The van der Waals surface area contributed by atoms with Crippen molar-refractivity contribution >= 4 is 5.91 Å². The highest BCUT2D eigenvalue weighted by Gasteiger charge is 2.28. The molecule has 0 atom stereocenters. The summed E-state index contributed by atoms with van der Waals surface area (Å²) in [5.74, 6) is 1.38. The molecule has 1 saturated heterocycles. The lowest BCUT2D eigenvalue weighted by Crippen LogP contribution is -2.51. The number of carbonyl (C=O) groups excluding carboxylic acids is 1. The standard InChI is InChI=1S/C20H30N2O3/c1-15(2)25-18-9-8-16(14-19(18)24-3)20(23)22-12-10-21(11-13-22)17-6-4-5-7-17/h8-9,14-15,17H,4-7,10-13H2,1-3H3. The Bertz CT molecular complexity index is 589. The van der Waals surface area contributed by atoms with Gasteiger partial charge in [0.1, 0.15) is 0 Å². The van der Waals surface area contributed by atoms with Crippen molar-refractivity contribution in [2.45, 2.75) is 51.7 Å². The number of rotatable bonds is 5. The average molecular weight is 346 g/mol. The van der Waals surface area contributed by atoms with Gasteiger partial charge in [-0.05, 0) is 44.9 Å². The van der Waals surface area contributed by atoms with E-state index < -0.39 is 0 Å². The topological polar surface area (TPSA) is 42.0 Å². The van der Waals surface area contributed by atoms with Gasteiger partial charge in [-0.2, -0.15) is 0 Å². The van der Waals surface area contributed by atoms with E-state index in [1.165, 1.54) is 25.7 Å². The Morgan fingerprint density at radius 2 is 1.76 bits per heavy atom. The summed E-state index contributed by atoms with van der Waals surface area (Å²) in [7, 11) is 1.61. The van der Waals surface area contributed by atoms with E-state index >= 15 is 0 Å². The second-order valence-corrected chi connectivity index (χ2v) is 7.30. The van der Waals surface area contributed by atoms with Crippen molar-refractivity contribution < 1.29 is 14.3 Å². The van der Waals surface area contributed by atoms with Crippen LogP contribution in [0, 0.1) is 0 Å². The quantitative estimate of drug-likeness (QED) is 0.821. The molecule has 3 rings (SSSR count). The van der Waals surface area contributed by atoms with E-state index in [1.807, 2.05) is 30.9 Å². The van der Waals surface area contributed by atoms with Crippen LogP contribution in [0.25, 0.3) is 0 Å². The van der Waals surface area contributed by atoms with Gasteiger partial charge >= 0.3 is 0 Å². The fraction of sp³-hybridized carbons (Fsp3) is 0.650. The minimum Gasteiger partial charge on any atom is -0.493 e. The zero-order valence-electron chi connectivity index (χ0n) is 15.7. The van der Waals surface area contributed by atoms with Crippen LogP contribution >= 0.6 is 0 Å². The second-order valence-electron chi connectivity index (χ2n) is 7.30. The Morgan fingerprint density at radius 1 is 1.08 bits per heavy atom. The van der Waals surface area contributed by atoms with E-state index in [9.17, 15) is 4.79 Å². The van der Waals surface area contributed by atoms with E-state index in [4.69, 9.17) is 9.47 Å². The maximum atomic E-state index is 12.8. The third-order valence-corrected chi connectivity index (χ3v) is 5.22. The van der Waals surface area contributed by atoms with Crippen LogP contribution in [0.3, 0.4) is 0 Å². The molecule has 0 bridgehead atoms. The molecule has 1 aliphatic heterocycles. The first-order valence-corrected chi connectivity index (χ1v) is 9.46. The zero-order valence-corrected chi connectivity index (χ0v) is 15.7. The van der Waals surface area contributed by atoms with E-state index in [1.54, 1.807) is 13.2 Å². The maximum absolute atomic E-state index is 12.8. The van der Waals surface area contributed by atoms with Gasteiger partial charge in [0.15, 0.2) is 11.5 Å². The molecule has 1 heterocycles. The number of benzene rings is 1. The van der Waals surface area contributed by atoms with Crippen LogP contribution < -0.4 is 9.47 Å². The average Bonchev–Trinajstić information content (AvgIpc) is 3.16. The number of methoxy groups -OCH3 is 1. The molecule has 1 aromatic rings. The molecule has 0 aromatic heterocycles. The Kier molecular flexibility index (Phi) is 5.84. The molecule has 0 spiro atoms. The Labute approximate surface area is 150 Å².